The quantitative estimate of drug-likeness (QED) is 0.165. The van der Waals surface area contributed by atoms with Gasteiger partial charge in [0, 0.05) is 8.07 Å². The Kier molecular flexibility index (Phi) is 12.3. The monoisotopic (exact) mass is 710 g/mol. The van der Waals surface area contributed by atoms with E-state index in [1.54, 1.807) is 21.5 Å². The summed E-state index contributed by atoms with van der Waals surface area (Å²) in [6, 6.07) is 37.2. The number of hydrogen-bond acceptors (Lipinski definition) is 0. The van der Waals surface area contributed by atoms with Crippen LogP contribution in [0, 0.1) is 13.8 Å². The first-order valence-corrected chi connectivity index (χ1v) is 18.4. The summed E-state index contributed by atoms with van der Waals surface area (Å²) in [6.07, 6.45) is 4.57. The second kappa shape index (κ2) is 14.9. The summed E-state index contributed by atoms with van der Waals surface area (Å²) < 4.78 is 0. The van der Waals surface area contributed by atoms with Gasteiger partial charge in [0.2, 0.25) is 0 Å². The molecule has 0 radical (unpaired) electrons. The Labute approximate surface area is 297 Å². The van der Waals surface area contributed by atoms with Crippen LogP contribution in [0.1, 0.15) is 48.9 Å². The number of benzene rings is 4. The summed E-state index contributed by atoms with van der Waals surface area (Å²) >= 11 is 0. The van der Waals surface area contributed by atoms with Gasteiger partial charge in [-0.2, -0.15) is 10.4 Å². The van der Waals surface area contributed by atoms with Crippen molar-refractivity contribution in [3.8, 4) is 22.3 Å². The number of aryl methyl sites for hydroxylation is 4. The molecule has 6 rings (SSSR count). The Bertz CT molecular complexity index is 1700. The molecule has 0 aromatic heterocycles. The first-order chi connectivity index (χ1) is 19.8. The van der Waals surface area contributed by atoms with Crippen LogP contribution in [0.2, 0.25) is 13.1 Å². The smallest absolute Gasteiger partial charge is 1.00 e. The molecule has 0 amide bonds. The Morgan fingerprint density at radius 2 is 0.909 bits per heavy atom. The molecular weight excluding hydrogens is 671 g/mol. The summed E-state index contributed by atoms with van der Waals surface area (Å²) in [5, 5.41) is 9.06. The normalized spacial score (nSPS) is 11.2. The molecule has 0 nitrogen and oxygen atoms in total. The second-order valence-corrected chi connectivity index (χ2v) is 16.7. The summed E-state index contributed by atoms with van der Waals surface area (Å²) in [5.74, 6) is 0. The summed E-state index contributed by atoms with van der Waals surface area (Å²) in [5.41, 5.74) is 11.1. The van der Waals surface area contributed by atoms with E-state index < -0.39 is 8.07 Å². The van der Waals surface area contributed by atoms with Crippen LogP contribution < -0.4 is 35.2 Å². The molecule has 0 unspecified atom stereocenters. The Morgan fingerprint density at radius 3 is 1.25 bits per heavy atom. The first-order valence-electron chi connectivity index (χ1n) is 15.4. The van der Waals surface area contributed by atoms with Crippen molar-refractivity contribution in [1.29, 1.82) is 0 Å². The molecular formula is C40H42Cl2SiZr. The molecule has 44 heavy (non-hydrogen) atoms. The molecule has 0 atom stereocenters. The zero-order valence-electron chi connectivity index (χ0n) is 26.8. The van der Waals surface area contributed by atoms with E-state index >= 15 is 0 Å². The maximum absolute atomic E-state index is 2.63. The van der Waals surface area contributed by atoms with Gasteiger partial charge in [0.15, 0.2) is 0 Å². The maximum atomic E-state index is 2.63. The van der Waals surface area contributed by atoms with Crippen molar-refractivity contribution < 1.29 is 51.0 Å². The van der Waals surface area contributed by atoms with Gasteiger partial charge in [-0.3, -0.25) is 0 Å². The average molecular weight is 713 g/mol. The molecule has 0 aliphatic carbocycles. The molecule has 6 aromatic rings. The van der Waals surface area contributed by atoms with Gasteiger partial charge in [0.1, 0.15) is 0 Å². The zero-order chi connectivity index (χ0) is 28.7. The van der Waals surface area contributed by atoms with E-state index in [1.807, 2.05) is 0 Å². The van der Waals surface area contributed by atoms with Crippen molar-refractivity contribution in [1.82, 2.24) is 0 Å². The molecule has 4 heteroatoms. The second-order valence-electron chi connectivity index (χ2n) is 12.5. The van der Waals surface area contributed by atoms with Crippen molar-refractivity contribution in [2.24, 2.45) is 0 Å². The van der Waals surface area contributed by atoms with Gasteiger partial charge in [-0.05, 0) is 37.8 Å². The van der Waals surface area contributed by atoms with Gasteiger partial charge in [-0.15, -0.1) is 69.1 Å². The summed E-state index contributed by atoms with van der Waals surface area (Å²) in [7, 11) is -2.19. The molecule has 0 aliphatic rings. The standard InChI is InChI=1S/C40H42Si.2ClH.Zr/c1-7-11-33-25-31-13-9-15-35(29-21-17-27(3)18-22-29)37(31)39(33)41(5,6)40-34(12-8-2)26-32-14-10-16-36(38(32)40)30-23-19-28(4)20-24-30;;;/h9-10,13-26H,7-8,11-12H2,1-6H3;2*1H;/q-2;;;+4/p-2. The fraction of sp³-hybridized carbons (Fsp3) is 0.250. The molecule has 0 aliphatic heterocycles. The molecule has 0 N–H and O–H groups in total. The number of halogens is 2. The van der Waals surface area contributed by atoms with Gasteiger partial charge < -0.3 is 24.8 Å². The van der Waals surface area contributed by atoms with Crippen molar-refractivity contribution in [2.45, 2.75) is 66.5 Å². The molecule has 0 spiro atoms. The molecule has 0 saturated heterocycles. The Morgan fingerprint density at radius 1 is 0.545 bits per heavy atom. The van der Waals surface area contributed by atoms with Crippen molar-refractivity contribution >= 4 is 40.0 Å². The third kappa shape index (κ3) is 6.52. The minimum Gasteiger partial charge on any atom is -1.00 e. The average Bonchev–Trinajstić information content (AvgIpc) is 3.53. The SMILES string of the molecule is CCCc1[cH-]c2cccc(-c3ccc(C)cc3)c2c1[Si](C)(C)c1c(CCC)[cH-]c2cccc(-c3ccc(C)cc3)c12.[Cl-].[Cl-].[Zr+4]. The third-order valence-corrected chi connectivity index (χ3v) is 12.7. The maximum Gasteiger partial charge on any atom is 4.00 e. The predicted octanol–water partition coefficient (Wildman–Crippen LogP) is 4.11. The van der Waals surface area contributed by atoms with Crippen molar-refractivity contribution in [2.75, 3.05) is 0 Å². The topological polar surface area (TPSA) is 0 Å². The number of rotatable bonds is 8. The third-order valence-electron chi connectivity index (χ3n) is 9.01. The van der Waals surface area contributed by atoms with Crippen LogP contribution >= 0.6 is 0 Å². The largest absolute Gasteiger partial charge is 4.00 e. The van der Waals surface area contributed by atoms with Crippen molar-refractivity contribution in [3.63, 3.8) is 0 Å². The van der Waals surface area contributed by atoms with E-state index in [1.165, 1.54) is 54.9 Å². The van der Waals surface area contributed by atoms with Crippen LogP contribution in [0.15, 0.2) is 97.1 Å². The summed E-state index contributed by atoms with van der Waals surface area (Å²) in [4.78, 5) is 0. The minimum absolute atomic E-state index is 0. The van der Waals surface area contributed by atoms with Crippen LogP contribution in [-0.4, -0.2) is 8.07 Å². The van der Waals surface area contributed by atoms with Gasteiger partial charge in [0.05, 0.1) is 0 Å². The van der Waals surface area contributed by atoms with Gasteiger partial charge in [-0.1, -0.05) is 123 Å². The fourth-order valence-electron chi connectivity index (χ4n) is 7.21. The predicted molar refractivity (Wildman–Crippen MR) is 184 cm³/mol. The van der Waals surface area contributed by atoms with Crippen LogP contribution in [0.3, 0.4) is 0 Å². The van der Waals surface area contributed by atoms with Crippen LogP contribution in [0.4, 0.5) is 0 Å². The Hall–Kier alpha value is -2.22. The molecule has 0 fully saturated rings. The Balaban J connectivity index is 0.00000176. The van der Waals surface area contributed by atoms with Gasteiger partial charge >= 0.3 is 26.2 Å². The molecule has 0 bridgehead atoms. The van der Waals surface area contributed by atoms with Crippen LogP contribution in [-0.2, 0) is 39.0 Å². The van der Waals surface area contributed by atoms with E-state index in [0.717, 1.165) is 25.7 Å². The number of fused-ring (bicyclic) bond motifs is 2. The minimum atomic E-state index is -2.19. The van der Waals surface area contributed by atoms with E-state index in [-0.39, 0.29) is 51.0 Å². The van der Waals surface area contributed by atoms with E-state index in [0.29, 0.717) is 0 Å². The molecule has 224 valence electrons. The summed E-state index contributed by atoms with van der Waals surface area (Å²) in [6.45, 7) is 14.3. The molecule has 0 saturated carbocycles. The molecule has 0 heterocycles. The van der Waals surface area contributed by atoms with E-state index in [2.05, 4.69) is 138 Å². The van der Waals surface area contributed by atoms with E-state index in [9.17, 15) is 0 Å². The zero-order valence-corrected chi connectivity index (χ0v) is 31.8. The van der Waals surface area contributed by atoms with Crippen LogP contribution in [0.25, 0.3) is 43.8 Å². The van der Waals surface area contributed by atoms with Crippen molar-refractivity contribution in [3.05, 3.63) is 119 Å². The first kappa shape index (κ1) is 36.3. The number of hydrogen-bond donors (Lipinski definition) is 0. The van der Waals surface area contributed by atoms with E-state index in [4.69, 9.17) is 0 Å². The van der Waals surface area contributed by atoms with Crippen LogP contribution in [0.5, 0.6) is 0 Å². The fourth-order valence-corrected chi connectivity index (χ4v) is 11.3. The van der Waals surface area contributed by atoms with Gasteiger partial charge in [-0.25, -0.2) is 0 Å². The van der Waals surface area contributed by atoms with Gasteiger partial charge in [0.25, 0.3) is 0 Å². The molecule has 6 aromatic carbocycles.